The Morgan fingerprint density at radius 3 is 3.09 bits per heavy atom. The fourth-order valence-corrected chi connectivity index (χ4v) is 3.03. The number of fused-ring (bicyclic) bond motifs is 2. The van der Waals surface area contributed by atoms with E-state index in [0.29, 0.717) is 0 Å². The van der Waals surface area contributed by atoms with Crippen molar-refractivity contribution in [1.82, 2.24) is 25.0 Å². The van der Waals surface area contributed by atoms with Crippen molar-refractivity contribution in [2.45, 2.75) is 32.7 Å². The molecule has 0 amide bonds. The van der Waals surface area contributed by atoms with Gasteiger partial charge in [-0.05, 0) is 34.4 Å². The summed E-state index contributed by atoms with van der Waals surface area (Å²) in [7, 11) is 0. The van der Waals surface area contributed by atoms with Gasteiger partial charge in [0.15, 0.2) is 0 Å². The minimum absolute atomic E-state index is 0.0100. The van der Waals surface area contributed by atoms with Crippen molar-refractivity contribution in [3.8, 4) is 0 Å². The molecular formula is C15H17N5O2. The van der Waals surface area contributed by atoms with Crippen LogP contribution in [-0.4, -0.2) is 36.6 Å². The topological polar surface area (TPSA) is 80.2 Å². The smallest absolute Gasteiger partial charge is 0.139 e. The number of aliphatic hydroxyl groups is 1. The van der Waals surface area contributed by atoms with Gasteiger partial charge in [-0.15, -0.1) is 0 Å². The van der Waals surface area contributed by atoms with Gasteiger partial charge in [0.25, 0.3) is 0 Å². The Labute approximate surface area is 127 Å². The highest BCUT2D eigenvalue weighted by atomic mass is 16.6. The van der Waals surface area contributed by atoms with Gasteiger partial charge in [0.05, 0.1) is 18.0 Å². The van der Waals surface area contributed by atoms with Gasteiger partial charge in [0.2, 0.25) is 0 Å². The first kappa shape index (κ1) is 13.4. The van der Waals surface area contributed by atoms with Crippen LogP contribution in [0.4, 0.5) is 0 Å². The van der Waals surface area contributed by atoms with Gasteiger partial charge in [-0.3, -0.25) is 9.58 Å². The zero-order valence-corrected chi connectivity index (χ0v) is 12.1. The Morgan fingerprint density at radius 2 is 2.18 bits per heavy atom. The number of aromatic nitrogens is 4. The van der Waals surface area contributed by atoms with Crippen LogP contribution in [0.2, 0.25) is 0 Å². The number of rotatable bonds is 3. The van der Waals surface area contributed by atoms with Crippen LogP contribution in [0, 0.1) is 0 Å². The number of aryl methyl sites for hydroxylation is 1. The summed E-state index contributed by atoms with van der Waals surface area (Å²) in [6.45, 7) is 3.49. The lowest BCUT2D eigenvalue weighted by Crippen LogP contribution is -2.22. The molecule has 114 valence electrons. The third kappa shape index (κ3) is 2.38. The minimum Gasteiger partial charge on any atom is -0.390 e. The van der Waals surface area contributed by atoms with Crippen molar-refractivity contribution in [3.05, 3.63) is 41.2 Å². The molecule has 0 saturated heterocycles. The Balaban J connectivity index is 1.59. The summed E-state index contributed by atoms with van der Waals surface area (Å²) in [5.74, 6) is 0. The van der Waals surface area contributed by atoms with Gasteiger partial charge < -0.3 is 5.11 Å². The van der Waals surface area contributed by atoms with E-state index in [2.05, 4.69) is 26.4 Å². The van der Waals surface area contributed by atoms with Gasteiger partial charge in [0.1, 0.15) is 11.0 Å². The zero-order valence-electron chi connectivity index (χ0n) is 12.1. The van der Waals surface area contributed by atoms with E-state index in [4.69, 9.17) is 4.63 Å². The second kappa shape index (κ2) is 5.51. The molecule has 0 saturated carbocycles. The SMILES string of the molecule is OCc1cc2n(n1)CCCN(Cc1cccc3nonc13)C2. The molecule has 0 spiro atoms. The maximum atomic E-state index is 9.24. The normalized spacial score (nSPS) is 15.9. The van der Waals surface area contributed by atoms with Crippen LogP contribution in [0.1, 0.15) is 23.4 Å². The second-order valence-corrected chi connectivity index (χ2v) is 5.62. The van der Waals surface area contributed by atoms with Gasteiger partial charge in [-0.1, -0.05) is 12.1 Å². The van der Waals surface area contributed by atoms with E-state index in [1.54, 1.807) is 0 Å². The monoisotopic (exact) mass is 299 g/mol. The van der Waals surface area contributed by atoms with Crippen LogP contribution in [0.15, 0.2) is 28.9 Å². The van der Waals surface area contributed by atoms with Gasteiger partial charge in [-0.2, -0.15) is 5.10 Å². The van der Waals surface area contributed by atoms with Gasteiger partial charge in [-0.25, -0.2) is 4.63 Å². The molecule has 0 radical (unpaired) electrons. The summed E-state index contributed by atoms with van der Waals surface area (Å²) in [4.78, 5) is 2.37. The fourth-order valence-electron chi connectivity index (χ4n) is 3.03. The predicted molar refractivity (Wildman–Crippen MR) is 78.7 cm³/mol. The molecule has 1 aliphatic rings. The largest absolute Gasteiger partial charge is 0.390 e. The Hall–Kier alpha value is -2.25. The van der Waals surface area contributed by atoms with Crippen LogP contribution in [0.3, 0.4) is 0 Å². The molecule has 0 atom stereocenters. The molecule has 3 aromatic rings. The van der Waals surface area contributed by atoms with E-state index in [1.165, 1.54) is 0 Å². The van der Waals surface area contributed by atoms with Crippen molar-refractivity contribution in [2.75, 3.05) is 6.54 Å². The van der Waals surface area contributed by atoms with Crippen LogP contribution < -0.4 is 0 Å². The van der Waals surface area contributed by atoms with Crippen LogP contribution in [-0.2, 0) is 26.2 Å². The Bertz CT molecular complexity index is 794. The number of hydrogen-bond acceptors (Lipinski definition) is 6. The molecule has 7 heteroatoms. The van der Waals surface area contributed by atoms with Crippen LogP contribution in [0.5, 0.6) is 0 Å². The average molecular weight is 299 g/mol. The summed E-state index contributed by atoms with van der Waals surface area (Å²) < 4.78 is 6.84. The highest BCUT2D eigenvalue weighted by Gasteiger charge is 2.18. The lowest BCUT2D eigenvalue weighted by atomic mass is 10.1. The molecule has 1 aliphatic heterocycles. The van der Waals surface area contributed by atoms with E-state index >= 15 is 0 Å². The van der Waals surface area contributed by atoms with Crippen molar-refractivity contribution < 1.29 is 9.74 Å². The first-order chi connectivity index (χ1) is 10.8. The van der Waals surface area contributed by atoms with Crippen molar-refractivity contribution >= 4 is 11.0 Å². The number of nitrogens with zero attached hydrogens (tertiary/aromatic N) is 5. The molecule has 0 fully saturated rings. The Morgan fingerprint density at radius 1 is 1.23 bits per heavy atom. The van der Waals surface area contributed by atoms with Crippen LogP contribution >= 0.6 is 0 Å². The summed E-state index contributed by atoms with van der Waals surface area (Å²) in [6, 6.07) is 7.93. The van der Waals surface area contributed by atoms with E-state index in [0.717, 1.165) is 60.6 Å². The zero-order chi connectivity index (χ0) is 14.9. The number of benzene rings is 1. The predicted octanol–water partition coefficient (Wildman–Crippen LogP) is 1.32. The molecule has 4 rings (SSSR count). The van der Waals surface area contributed by atoms with E-state index in [9.17, 15) is 5.11 Å². The fraction of sp³-hybridized carbons (Fsp3) is 0.400. The molecule has 0 bridgehead atoms. The lowest BCUT2D eigenvalue weighted by molar-refractivity contribution is 0.260. The Kier molecular flexibility index (Phi) is 3.36. The molecule has 3 heterocycles. The van der Waals surface area contributed by atoms with Gasteiger partial charge in [0, 0.05) is 26.2 Å². The van der Waals surface area contributed by atoms with E-state index in [1.807, 2.05) is 22.9 Å². The second-order valence-electron chi connectivity index (χ2n) is 5.62. The molecule has 1 aromatic carbocycles. The van der Waals surface area contributed by atoms with Gasteiger partial charge >= 0.3 is 0 Å². The van der Waals surface area contributed by atoms with E-state index in [-0.39, 0.29) is 6.61 Å². The number of aliphatic hydroxyl groups excluding tert-OH is 1. The summed E-state index contributed by atoms with van der Waals surface area (Å²) in [6.07, 6.45) is 1.03. The molecule has 22 heavy (non-hydrogen) atoms. The third-order valence-corrected chi connectivity index (χ3v) is 4.07. The first-order valence-corrected chi connectivity index (χ1v) is 7.42. The molecule has 7 nitrogen and oxygen atoms in total. The lowest BCUT2D eigenvalue weighted by Gasteiger charge is -2.19. The molecule has 0 aliphatic carbocycles. The molecular weight excluding hydrogens is 282 g/mol. The molecule has 2 aromatic heterocycles. The highest BCUT2D eigenvalue weighted by Crippen LogP contribution is 2.20. The maximum absolute atomic E-state index is 9.24. The number of hydrogen-bond donors (Lipinski definition) is 1. The summed E-state index contributed by atoms with van der Waals surface area (Å²) in [5.41, 5.74) is 4.62. The molecule has 1 N–H and O–H groups in total. The highest BCUT2D eigenvalue weighted by molar-refractivity contribution is 5.76. The summed E-state index contributed by atoms with van der Waals surface area (Å²) in [5, 5.41) is 21.6. The third-order valence-electron chi connectivity index (χ3n) is 4.07. The van der Waals surface area contributed by atoms with Crippen molar-refractivity contribution in [3.63, 3.8) is 0 Å². The van der Waals surface area contributed by atoms with Crippen molar-refractivity contribution in [2.24, 2.45) is 0 Å². The van der Waals surface area contributed by atoms with E-state index < -0.39 is 0 Å². The summed E-state index contributed by atoms with van der Waals surface area (Å²) >= 11 is 0. The first-order valence-electron chi connectivity index (χ1n) is 7.42. The standard InChI is InChI=1S/C15H17N5O2/c21-10-12-7-13-9-19(5-2-6-20(13)16-12)8-11-3-1-4-14-15(11)18-22-17-14/h1,3-4,7,21H,2,5-6,8-10H2. The molecule has 0 unspecified atom stereocenters. The van der Waals surface area contributed by atoms with Crippen molar-refractivity contribution in [1.29, 1.82) is 0 Å². The van der Waals surface area contributed by atoms with Crippen LogP contribution in [0.25, 0.3) is 11.0 Å². The maximum Gasteiger partial charge on any atom is 0.139 e. The quantitative estimate of drug-likeness (QED) is 0.785. The minimum atomic E-state index is -0.0100. The average Bonchev–Trinajstić information content (AvgIpc) is 3.11.